The molecular weight excluding hydrogens is 292 g/mol. The summed E-state index contributed by atoms with van der Waals surface area (Å²) in [7, 11) is 1.46. The Bertz CT molecular complexity index is 820. The van der Waals surface area contributed by atoms with Crippen LogP contribution >= 0.6 is 0 Å². The van der Waals surface area contributed by atoms with Gasteiger partial charge in [0.2, 0.25) is 10.0 Å². The predicted molar refractivity (Wildman–Crippen MR) is 81.9 cm³/mol. The second kappa shape index (κ2) is 5.63. The van der Waals surface area contributed by atoms with Gasteiger partial charge in [0.15, 0.2) is 0 Å². The maximum absolute atomic E-state index is 12.3. The van der Waals surface area contributed by atoms with Crippen LogP contribution in [-0.4, -0.2) is 37.2 Å². The topological polar surface area (TPSA) is 85.1 Å². The third-order valence-electron chi connectivity index (χ3n) is 3.63. The molecule has 1 atom stereocenters. The summed E-state index contributed by atoms with van der Waals surface area (Å²) in [6, 6.07) is 4.70. The van der Waals surface area contributed by atoms with Crippen molar-refractivity contribution in [1.82, 2.24) is 19.2 Å². The van der Waals surface area contributed by atoms with Crippen molar-refractivity contribution < 1.29 is 8.42 Å². The molecule has 0 fully saturated rings. The molecule has 1 unspecified atom stereocenters. The molecule has 0 saturated heterocycles. The van der Waals surface area contributed by atoms with Crippen LogP contribution in [0.15, 0.2) is 27.9 Å². The van der Waals surface area contributed by atoms with Crippen LogP contribution in [0.5, 0.6) is 0 Å². The number of nitrogens with zero attached hydrogens (tertiary/aromatic N) is 2. The van der Waals surface area contributed by atoms with E-state index in [-0.39, 0.29) is 16.6 Å². The van der Waals surface area contributed by atoms with Gasteiger partial charge in [0.1, 0.15) is 0 Å². The van der Waals surface area contributed by atoms with E-state index in [1.54, 1.807) is 27.2 Å². The Kier molecular flexibility index (Phi) is 4.22. The second-order valence-electron chi connectivity index (χ2n) is 5.09. The Morgan fingerprint density at radius 2 is 1.81 bits per heavy atom. The first-order valence-corrected chi connectivity index (χ1v) is 8.08. The Morgan fingerprint density at radius 3 is 2.43 bits per heavy atom. The summed E-state index contributed by atoms with van der Waals surface area (Å²) < 4.78 is 30.0. The van der Waals surface area contributed by atoms with Gasteiger partial charge < -0.3 is 5.32 Å². The molecule has 0 bridgehead atoms. The smallest absolute Gasteiger partial charge is 0.316 e. The van der Waals surface area contributed by atoms with Gasteiger partial charge in [0.25, 0.3) is 0 Å². The molecule has 0 spiro atoms. The average molecular weight is 312 g/mol. The molecule has 2 aromatic rings. The second-order valence-corrected chi connectivity index (χ2v) is 6.86. The van der Waals surface area contributed by atoms with Crippen molar-refractivity contribution in [3.63, 3.8) is 0 Å². The van der Waals surface area contributed by atoms with Crippen LogP contribution in [0.25, 0.3) is 11.0 Å². The summed E-state index contributed by atoms with van der Waals surface area (Å²) in [5.74, 6) is 0. The minimum atomic E-state index is -3.59. The molecular formula is C13H20N4O3S. The third-order valence-corrected chi connectivity index (χ3v) is 5.05. The number of benzene rings is 1. The van der Waals surface area contributed by atoms with Crippen molar-refractivity contribution in [2.24, 2.45) is 14.1 Å². The lowest BCUT2D eigenvalue weighted by atomic mass is 10.3. The normalized spacial score (nSPS) is 13.7. The molecule has 116 valence electrons. The fraction of sp³-hybridized carbons (Fsp3) is 0.462. The van der Waals surface area contributed by atoms with E-state index >= 15 is 0 Å². The number of rotatable bonds is 5. The summed E-state index contributed by atoms with van der Waals surface area (Å²) in [5, 5.41) is 2.96. The summed E-state index contributed by atoms with van der Waals surface area (Å²) in [4.78, 5) is 12.0. The number of aryl methyl sites for hydroxylation is 2. The Hall–Kier alpha value is -1.64. The number of likely N-dealkylation sites (N-methyl/N-ethyl adjacent to an activating group) is 1. The van der Waals surface area contributed by atoms with Gasteiger partial charge in [-0.15, -0.1) is 0 Å². The van der Waals surface area contributed by atoms with Gasteiger partial charge in [0.05, 0.1) is 15.9 Å². The first-order chi connectivity index (χ1) is 9.77. The zero-order chi connectivity index (χ0) is 15.8. The first-order valence-electron chi connectivity index (χ1n) is 6.60. The highest BCUT2D eigenvalue weighted by Gasteiger charge is 2.17. The molecule has 2 rings (SSSR count). The molecule has 2 N–H and O–H groups in total. The number of hydrogen-bond acceptors (Lipinski definition) is 4. The van der Waals surface area contributed by atoms with Crippen molar-refractivity contribution in [3.05, 3.63) is 28.7 Å². The Balaban J connectivity index is 2.43. The number of imidazole rings is 1. The molecule has 0 aliphatic carbocycles. The van der Waals surface area contributed by atoms with Crippen LogP contribution in [0.2, 0.25) is 0 Å². The number of hydrogen-bond donors (Lipinski definition) is 2. The molecule has 8 heteroatoms. The van der Waals surface area contributed by atoms with E-state index in [0.29, 0.717) is 17.6 Å². The molecule has 0 saturated carbocycles. The number of nitrogens with one attached hydrogen (secondary N) is 2. The molecule has 0 radical (unpaired) electrons. The monoisotopic (exact) mass is 312 g/mol. The average Bonchev–Trinajstić information content (AvgIpc) is 2.69. The summed E-state index contributed by atoms with van der Waals surface area (Å²) >= 11 is 0. The quantitative estimate of drug-likeness (QED) is 0.798. The third kappa shape index (κ3) is 2.87. The van der Waals surface area contributed by atoms with Crippen LogP contribution in [0.3, 0.4) is 0 Å². The zero-order valence-electron chi connectivity index (χ0n) is 12.5. The van der Waals surface area contributed by atoms with E-state index in [4.69, 9.17) is 0 Å². The van der Waals surface area contributed by atoms with E-state index in [0.717, 1.165) is 0 Å². The Labute approximate surface area is 123 Å². The van der Waals surface area contributed by atoms with Crippen LogP contribution in [0.4, 0.5) is 0 Å². The molecule has 1 heterocycles. The molecule has 0 aliphatic rings. The van der Waals surface area contributed by atoms with Gasteiger partial charge in [-0.2, -0.15) is 0 Å². The lowest BCUT2D eigenvalue weighted by Crippen LogP contribution is -2.37. The van der Waals surface area contributed by atoms with E-state index in [9.17, 15) is 13.2 Å². The van der Waals surface area contributed by atoms with E-state index in [2.05, 4.69) is 10.0 Å². The van der Waals surface area contributed by atoms with Crippen molar-refractivity contribution >= 4 is 21.1 Å². The summed E-state index contributed by atoms with van der Waals surface area (Å²) in [5.41, 5.74) is 1.10. The van der Waals surface area contributed by atoms with E-state index < -0.39 is 10.0 Å². The minimum absolute atomic E-state index is 0.0320. The van der Waals surface area contributed by atoms with E-state index in [1.165, 1.54) is 21.3 Å². The molecule has 0 aliphatic heterocycles. The van der Waals surface area contributed by atoms with Gasteiger partial charge >= 0.3 is 5.69 Å². The molecule has 0 amide bonds. The van der Waals surface area contributed by atoms with Crippen molar-refractivity contribution in [2.75, 3.05) is 13.6 Å². The maximum atomic E-state index is 12.3. The summed E-state index contributed by atoms with van der Waals surface area (Å²) in [6.45, 7) is 2.18. The molecule has 21 heavy (non-hydrogen) atoms. The van der Waals surface area contributed by atoms with Crippen LogP contribution in [0.1, 0.15) is 6.92 Å². The van der Waals surface area contributed by atoms with Crippen LogP contribution < -0.4 is 15.7 Å². The standard InChI is InChI=1S/C13H20N4O3S/c1-9(14-2)8-15-21(19,20)10-5-6-11-12(7-10)17(4)13(18)16(11)3/h5-7,9,14-15H,8H2,1-4H3. The van der Waals surface area contributed by atoms with Crippen LogP contribution in [0, 0.1) is 0 Å². The molecule has 1 aromatic heterocycles. The maximum Gasteiger partial charge on any atom is 0.328 e. The zero-order valence-corrected chi connectivity index (χ0v) is 13.4. The SMILES string of the molecule is CNC(C)CNS(=O)(=O)c1ccc2c(c1)n(C)c(=O)n2C. The highest BCUT2D eigenvalue weighted by molar-refractivity contribution is 7.89. The Morgan fingerprint density at radius 1 is 1.19 bits per heavy atom. The van der Waals surface area contributed by atoms with Gasteiger partial charge in [-0.05, 0) is 32.2 Å². The number of sulfonamides is 1. The highest BCUT2D eigenvalue weighted by Crippen LogP contribution is 2.17. The van der Waals surface area contributed by atoms with Gasteiger partial charge in [-0.3, -0.25) is 9.13 Å². The van der Waals surface area contributed by atoms with Crippen LogP contribution in [-0.2, 0) is 24.1 Å². The number of aromatic nitrogens is 2. The fourth-order valence-electron chi connectivity index (χ4n) is 2.07. The van der Waals surface area contributed by atoms with Crippen molar-refractivity contribution in [3.8, 4) is 0 Å². The van der Waals surface area contributed by atoms with E-state index in [1.807, 2.05) is 6.92 Å². The fourth-order valence-corrected chi connectivity index (χ4v) is 3.22. The highest BCUT2D eigenvalue weighted by atomic mass is 32.2. The molecule has 1 aromatic carbocycles. The summed E-state index contributed by atoms with van der Waals surface area (Å²) in [6.07, 6.45) is 0. The lowest BCUT2D eigenvalue weighted by molar-refractivity contribution is 0.554. The molecule has 7 nitrogen and oxygen atoms in total. The van der Waals surface area contributed by atoms with Gasteiger partial charge in [-0.1, -0.05) is 0 Å². The van der Waals surface area contributed by atoms with Gasteiger partial charge in [-0.25, -0.2) is 17.9 Å². The minimum Gasteiger partial charge on any atom is -0.316 e. The van der Waals surface area contributed by atoms with Crippen molar-refractivity contribution in [1.29, 1.82) is 0 Å². The van der Waals surface area contributed by atoms with Crippen molar-refractivity contribution in [2.45, 2.75) is 17.9 Å². The predicted octanol–water partition coefficient (Wildman–Crippen LogP) is -0.237. The number of fused-ring (bicyclic) bond motifs is 1. The van der Waals surface area contributed by atoms with Gasteiger partial charge in [0, 0.05) is 26.7 Å². The largest absolute Gasteiger partial charge is 0.328 e. The lowest BCUT2D eigenvalue weighted by Gasteiger charge is -2.12. The first kappa shape index (κ1) is 15.7.